The van der Waals surface area contributed by atoms with Crippen molar-refractivity contribution < 1.29 is 14.3 Å². The lowest BCUT2D eigenvalue weighted by molar-refractivity contribution is -0.135. The SMILES string of the molecule is Cc1ccc(N(C)C(=O)C2CCCN(C(=O)CCOc3ccccc3)C2)cc1. The normalized spacial score (nSPS) is 16.5. The molecule has 0 spiro atoms. The van der Waals surface area contributed by atoms with Gasteiger partial charge >= 0.3 is 0 Å². The van der Waals surface area contributed by atoms with Crippen molar-refractivity contribution in [1.82, 2.24) is 4.90 Å². The van der Waals surface area contributed by atoms with Gasteiger partial charge in [-0.1, -0.05) is 35.9 Å². The molecule has 0 saturated carbocycles. The van der Waals surface area contributed by atoms with E-state index in [4.69, 9.17) is 4.74 Å². The summed E-state index contributed by atoms with van der Waals surface area (Å²) in [5, 5.41) is 0. The van der Waals surface area contributed by atoms with Crippen LogP contribution in [0.2, 0.25) is 0 Å². The number of rotatable bonds is 6. The molecule has 28 heavy (non-hydrogen) atoms. The van der Waals surface area contributed by atoms with E-state index < -0.39 is 0 Å². The highest BCUT2D eigenvalue weighted by Gasteiger charge is 2.30. The molecule has 5 heteroatoms. The number of carbonyl (C=O) groups is 2. The van der Waals surface area contributed by atoms with Crippen LogP contribution in [-0.2, 0) is 9.59 Å². The van der Waals surface area contributed by atoms with Crippen molar-refractivity contribution in [3.8, 4) is 5.75 Å². The minimum Gasteiger partial charge on any atom is -0.493 e. The van der Waals surface area contributed by atoms with Crippen LogP contribution in [0.4, 0.5) is 5.69 Å². The summed E-state index contributed by atoms with van der Waals surface area (Å²) in [6, 6.07) is 17.4. The molecule has 1 heterocycles. The molecule has 5 nitrogen and oxygen atoms in total. The Morgan fingerprint density at radius 3 is 2.54 bits per heavy atom. The summed E-state index contributed by atoms with van der Waals surface area (Å²) in [6.45, 7) is 3.57. The average molecular weight is 380 g/mol. The van der Waals surface area contributed by atoms with Crippen LogP contribution < -0.4 is 9.64 Å². The molecular formula is C23H28N2O3. The Kier molecular flexibility index (Phi) is 6.69. The number of benzene rings is 2. The van der Waals surface area contributed by atoms with Crippen LogP contribution in [-0.4, -0.2) is 43.5 Å². The number of anilines is 1. The average Bonchev–Trinajstić information content (AvgIpc) is 2.74. The maximum atomic E-state index is 12.9. The number of aryl methyl sites for hydroxylation is 1. The third-order valence-electron chi connectivity index (χ3n) is 5.20. The van der Waals surface area contributed by atoms with Crippen molar-refractivity contribution in [2.45, 2.75) is 26.2 Å². The smallest absolute Gasteiger partial charge is 0.231 e. The van der Waals surface area contributed by atoms with Gasteiger partial charge in [0, 0.05) is 25.8 Å². The Morgan fingerprint density at radius 2 is 1.82 bits per heavy atom. The maximum Gasteiger partial charge on any atom is 0.231 e. The van der Waals surface area contributed by atoms with Crippen molar-refractivity contribution in [3.05, 3.63) is 60.2 Å². The van der Waals surface area contributed by atoms with Crippen LogP contribution in [0.15, 0.2) is 54.6 Å². The van der Waals surface area contributed by atoms with Crippen LogP contribution in [0, 0.1) is 12.8 Å². The van der Waals surface area contributed by atoms with Gasteiger partial charge in [0.15, 0.2) is 0 Å². The van der Waals surface area contributed by atoms with Gasteiger partial charge in [0.25, 0.3) is 0 Å². The van der Waals surface area contributed by atoms with E-state index in [2.05, 4.69) is 0 Å². The van der Waals surface area contributed by atoms with Gasteiger partial charge in [-0.15, -0.1) is 0 Å². The van der Waals surface area contributed by atoms with Crippen molar-refractivity contribution in [2.75, 3.05) is 31.6 Å². The molecule has 0 radical (unpaired) electrons. The highest BCUT2D eigenvalue weighted by molar-refractivity contribution is 5.95. The number of para-hydroxylation sites is 1. The van der Waals surface area contributed by atoms with Gasteiger partial charge in [0.05, 0.1) is 18.9 Å². The van der Waals surface area contributed by atoms with Crippen molar-refractivity contribution in [3.63, 3.8) is 0 Å². The number of hydrogen-bond donors (Lipinski definition) is 0. The molecule has 0 aliphatic carbocycles. The van der Waals surface area contributed by atoms with Gasteiger partial charge in [-0.25, -0.2) is 0 Å². The molecule has 0 bridgehead atoms. The van der Waals surface area contributed by atoms with Gasteiger partial charge in [-0.05, 0) is 44.0 Å². The number of ether oxygens (including phenoxy) is 1. The number of piperidine rings is 1. The second-order valence-corrected chi connectivity index (χ2v) is 7.32. The van der Waals surface area contributed by atoms with Crippen molar-refractivity contribution in [1.29, 1.82) is 0 Å². The van der Waals surface area contributed by atoms with Crippen LogP contribution in [0.5, 0.6) is 5.75 Å². The molecular weight excluding hydrogens is 352 g/mol. The predicted molar refractivity (Wildman–Crippen MR) is 110 cm³/mol. The van der Waals surface area contributed by atoms with Gasteiger partial charge in [-0.2, -0.15) is 0 Å². The number of nitrogens with zero attached hydrogens (tertiary/aromatic N) is 2. The topological polar surface area (TPSA) is 49.9 Å². The van der Waals surface area contributed by atoms with Gasteiger partial charge in [-0.3, -0.25) is 9.59 Å². The van der Waals surface area contributed by atoms with E-state index >= 15 is 0 Å². The molecule has 1 saturated heterocycles. The highest BCUT2D eigenvalue weighted by atomic mass is 16.5. The number of hydrogen-bond acceptors (Lipinski definition) is 3. The molecule has 0 N–H and O–H groups in total. The molecule has 1 fully saturated rings. The van der Waals surface area contributed by atoms with Crippen molar-refractivity contribution in [2.24, 2.45) is 5.92 Å². The van der Waals surface area contributed by atoms with Gasteiger partial charge in [0.1, 0.15) is 5.75 Å². The number of likely N-dealkylation sites (tertiary alicyclic amines) is 1. The molecule has 2 amide bonds. The Bertz CT molecular complexity index is 789. The van der Waals surface area contributed by atoms with Crippen LogP contribution in [0.3, 0.4) is 0 Å². The molecule has 0 aromatic heterocycles. The first kappa shape index (κ1) is 19.9. The third-order valence-corrected chi connectivity index (χ3v) is 5.20. The lowest BCUT2D eigenvalue weighted by atomic mass is 9.96. The first-order valence-corrected chi connectivity index (χ1v) is 9.84. The molecule has 2 aromatic carbocycles. The summed E-state index contributed by atoms with van der Waals surface area (Å²) in [6.07, 6.45) is 1.99. The van der Waals surface area contributed by atoms with E-state index in [-0.39, 0.29) is 17.7 Å². The van der Waals surface area contributed by atoms with Crippen LogP contribution in [0.1, 0.15) is 24.8 Å². The van der Waals surface area contributed by atoms with E-state index in [1.165, 1.54) is 0 Å². The fourth-order valence-corrected chi connectivity index (χ4v) is 3.51. The van der Waals surface area contributed by atoms with E-state index in [1.54, 1.807) is 4.90 Å². The fourth-order valence-electron chi connectivity index (χ4n) is 3.51. The number of amides is 2. The monoisotopic (exact) mass is 380 g/mol. The molecule has 1 unspecified atom stereocenters. The first-order valence-electron chi connectivity index (χ1n) is 9.84. The first-order chi connectivity index (χ1) is 13.5. The van der Waals surface area contributed by atoms with Crippen LogP contribution in [0.25, 0.3) is 0 Å². The number of carbonyl (C=O) groups excluding carboxylic acids is 2. The second-order valence-electron chi connectivity index (χ2n) is 7.32. The van der Waals surface area contributed by atoms with E-state index in [0.717, 1.165) is 29.8 Å². The molecule has 1 aliphatic heterocycles. The van der Waals surface area contributed by atoms with E-state index in [0.29, 0.717) is 26.1 Å². The molecule has 2 aromatic rings. The zero-order chi connectivity index (χ0) is 19.9. The summed E-state index contributed by atoms with van der Waals surface area (Å²) in [5.74, 6) is 0.731. The fraction of sp³-hybridized carbons (Fsp3) is 0.391. The summed E-state index contributed by atoms with van der Waals surface area (Å²) >= 11 is 0. The third kappa shape index (κ3) is 5.12. The summed E-state index contributed by atoms with van der Waals surface area (Å²) in [4.78, 5) is 29.0. The molecule has 3 rings (SSSR count). The Morgan fingerprint density at radius 1 is 1.11 bits per heavy atom. The van der Waals surface area contributed by atoms with E-state index in [1.807, 2.05) is 73.5 Å². The Labute approximate surface area is 166 Å². The van der Waals surface area contributed by atoms with Crippen molar-refractivity contribution >= 4 is 17.5 Å². The second kappa shape index (κ2) is 9.40. The zero-order valence-corrected chi connectivity index (χ0v) is 16.6. The Balaban J connectivity index is 1.51. The minimum absolute atomic E-state index is 0.0476. The molecule has 148 valence electrons. The lowest BCUT2D eigenvalue weighted by Gasteiger charge is -2.34. The van der Waals surface area contributed by atoms with Crippen LogP contribution >= 0.6 is 0 Å². The van der Waals surface area contributed by atoms with E-state index in [9.17, 15) is 9.59 Å². The molecule has 1 atom stereocenters. The minimum atomic E-state index is -0.154. The van der Waals surface area contributed by atoms with Gasteiger partial charge < -0.3 is 14.5 Å². The predicted octanol–water partition coefficient (Wildman–Crippen LogP) is 3.67. The summed E-state index contributed by atoms with van der Waals surface area (Å²) in [7, 11) is 1.81. The largest absolute Gasteiger partial charge is 0.493 e. The Hall–Kier alpha value is -2.82. The molecule has 1 aliphatic rings. The van der Waals surface area contributed by atoms with Gasteiger partial charge in [0.2, 0.25) is 11.8 Å². The lowest BCUT2D eigenvalue weighted by Crippen LogP contribution is -2.46. The zero-order valence-electron chi connectivity index (χ0n) is 16.6. The summed E-state index contributed by atoms with van der Waals surface area (Å²) < 4.78 is 5.62. The maximum absolute atomic E-state index is 12.9. The standard InChI is InChI=1S/C23H28N2O3/c1-18-10-12-20(13-11-18)24(2)23(27)19-7-6-15-25(17-19)22(26)14-16-28-21-8-4-3-5-9-21/h3-5,8-13,19H,6-7,14-17H2,1-2H3. The summed E-state index contributed by atoms with van der Waals surface area (Å²) in [5.41, 5.74) is 2.05. The quantitative estimate of drug-likeness (QED) is 0.768. The highest BCUT2D eigenvalue weighted by Crippen LogP contribution is 2.23.